The fraction of sp³-hybridized carbons (Fsp3) is 0.250. The van der Waals surface area contributed by atoms with Crippen LogP contribution in [0.15, 0.2) is 236 Å². The highest BCUT2D eigenvalue weighted by atomic mass is 19.1. The number of pyridine rings is 4. The third-order valence-electron chi connectivity index (χ3n) is 25.7. The molecule has 0 unspecified atom stereocenters. The molecule has 0 aliphatic rings. The monoisotopic (exact) mass is 1590 g/mol. The Morgan fingerprint density at radius 1 is 0.306 bits per heavy atom. The van der Waals surface area contributed by atoms with E-state index in [1.54, 1.807) is 6.07 Å². The predicted molar refractivity (Wildman–Crippen MR) is 504 cm³/mol. The first kappa shape index (κ1) is 80.8. The molecule has 0 amide bonds. The van der Waals surface area contributed by atoms with Gasteiger partial charge in [-0.1, -0.05) is 127 Å². The molecule has 8 nitrogen and oxygen atoms in total. The molecule has 20 aromatic rings. The van der Waals surface area contributed by atoms with Crippen molar-refractivity contribution in [1.29, 1.82) is 0 Å². The molecule has 606 valence electrons. The Morgan fingerprint density at radius 2 is 0.636 bits per heavy atom. The molecule has 8 aromatic heterocycles. The molecule has 9 heteroatoms. The van der Waals surface area contributed by atoms with Gasteiger partial charge in [-0.15, -0.1) is 0 Å². The average molecular weight is 1600 g/mol. The van der Waals surface area contributed by atoms with Crippen molar-refractivity contribution in [2.24, 2.45) is 39.5 Å². The molecule has 0 aliphatic carbocycles. The Labute approximate surface area is 709 Å². The second-order valence-corrected chi connectivity index (χ2v) is 36.5. The summed E-state index contributed by atoms with van der Waals surface area (Å²) in [5, 5.41) is 14.3. The van der Waals surface area contributed by atoms with Crippen LogP contribution in [-0.2, 0) is 41.0 Å². The Kier molecular flexibility index (Phi) is 20.8. The maximum Gasteiger partial charge on any atom is 0.217 e. The second kappa shape index (κ2) is 31.2. The van der Waals surface area contributed by atoms with E-state index in [4.69, 9.17) is 17.7 Å². The van der Waals surface area contributed by atoms with Crippen LogP contribution in [0.1, 0.15) is 138 Å². The third-order valence-corrected chi connectivity index (χ3v) is 25.7. The van der Waals surface area contributed by atoms with E-state index >= 15 is 0 Å². The van der Waals surface area contributed by atoms with E-state index in [0.29, 0.717) is 17.4 Å². The zero-order valence-corrected chi connectivity index (χ0v) is 74.7. The molecule has 0 bridgehead atoms. The first-order chi connectivity index (χ1) is 57.8. The molecular weight excluding hydrogens is 1480 g/mol. The standard InChI is InChI=1S/C30H32NO.C29H30NO.C28H28NO.C25H21FNO/c1-18-12-13-22-21(17-30(4,5)6)16-26(31(7)25(22)14-18)28-20(3)19(2)15-24-23-10-8-9-11-27(23)32-29(24)28;1-17(2)13-21-16-26(30(6)25-14-18(3)11-12-22(21)25)28-20(5)19(4)15-24-23-9-7-8-10-27(23)31-29(24)28;1-16(2)22-15-25(29(6)24-13-17(3)11-12-20(22)24)27-19(5)18(4)14-23-21-9-7-8-10-26(21)30-28(23)27;1-14-5-6-17-7-10-21(27(4)22(17)11-14)24-16(3)15(2)12-20-19-9-8-18(26)13-23(19)28-25(20)24/h8-16H,17H2,1-7H3;7-12,14-17H,13H2,1-6H3;7-16H,1-6H3;5-13H,1-4H3/q4*+1. The molecule has 12 aromatic carbocycles. The molecule has 0 atom stereocenters. The van der Waals surface area contributed by atoms with E-state index in [1.807, 2.05) is 18.2 Å². The van der Waals surface area contributed by atoms with E-state index in [0.717, 1.165) is 74.0 Å². The number of hydrogen-bond donors (Lipinski definition) is 0. The molecule has 0 saturated carbocycles. The van der Waals surface area contributed by atoms with Gasteiger partial charge in [0.05, 0.1) is 22.3 Å². The number of nitrogens with zero attached hydrogens (tertiary/aromatic N) is 4. The highest BCUT2D eigenvalue weighted by molar-refractivity contribution is 6.14. The molecule has 0 radical (unpaired) electrons. The van der Waals surface area contributed by atoms with Gasteiger partial charge in [-0.3, -0.25) is 0 Å². The van der Waals surface area contributed by atoms with Crippen LogP contribution in [-0.4, -0.2) is 0 Å². The van der Waals surface area contributed by atoms with Crippen molar-refractivity contribution in [3.05, 3.63) is 308 Å². The summed E-state index contributed by atoms with van der Waals surface area (Å²) in [6.45, 7) is 42.2. The van der Waals surface area contributed by atoms with Gasteiger partial charge in [0, 0.05) is 119 Å². The van der Waals surface area contributed by atoms with Crippen molar-refractivity contribution < 1.29 is 40.3 Å². The second-order valence-electron chi connectivity index (χ2n) is 36.5. The number of fused-ring (bicyclic) bond motifs is 16. The fourth-order valence-corrected chi connectivity index (χ4v) is 18.8. The minimum Gasteiger partial charge on any atom is -0.455 e. The summed E-state index contributed by atoms with van der Waals surface area (Å²) < 4.78 is 48.6. The summed E-state index contributed by atoms with van der Waals surface area (Å²) in [6, 6.07) is 77.2. The van der Waals surface area contributed by atoms with Crippen LogP contribution < -0.4 is 18.3 Å². The highest BCUT2D eigenvalue weighted by Crippen LogP contribution is 2.46. The van der Waals surface area contributed by atoms with Gasteiger partial charge in [0.1, 0.15) is 78.7 Å². The number of rotatable bonds is 8. The molecule has 0 N–H and O–H groups in total. The van der Waals surface area contributed by atoms with Gasteiger partial charge in [-0.2, -0.15) is 18.3 Å². The van der Waals surface area contributed by atoms with Gasteiger partial charge < -0.3 is 17.7 Å². The van der Waals surface area contributed by atoms with Crippen LogP contribution in [0.25, 0.3) is 176 Å². The highest BCUT2D eigenvalue weighted by Gasteiger charge is 2.32. The first-order valence-electron chi connectivity index (χ1n) is 42.8. The lowest BCUT2D eigenvalue weighted by Crippen LogP contribution is -2.33. The van der Waals surface area contributed by atoms with Crippen molar-refractivity contribution in [2.75, 3.05) is 0 Å². The van der Waals surface area contributed by atoms with Gasteiger partial charge in [0.15, 0.2) is 0 Å². The van der Waals surface area contributed by atoms with Crippen LogP contribution in [0.3, 0.4) is 0 Å². The average Bonchev–Trinajstić information content (AvgIpc) is 1.68. The van der Waals surface area contributed by atoms with Gasteiger partial charge in [0.25, 0.3) is 0 Å². The zero-order valence-electron chi connectivity index (χ0n) is 74.7. The minimum atomic E-state index is -0.284. The van der Waals surface area contributed by atoms with E-state index in [1.165, 1.54) is 205 Å². The van der Waals surface area contributed by atoms with Crippen molar-refractivity contribution >= 4 is 131 Å². The summed E-state index contributed by atoms with van der Waals surface area (Å²) >= 11 is 0. The summed E-state index contributed by atoms with van der Waals surface area (Å²) in [4.78, 5) is 0. The van der Waals surface area contributed by atoms with Crippen LogP contribution in [0, 0.1) is 100 Å². The maximum atomic E-state index is 13.8. The van der Waals surface area contributed by atoms with Crippen molar-refractivity contribution in [3.8, 4) is 45.0 Å². The Hall–Kier alpha value is -12.6. The fourth-order valence-electron chi connectivity index (χ4n) is 18.8. The molecule has 121 heavy (non-hydrogen) atoms. The minimum absolute atomic E-state index is 0.200. The van der Waals surface area contributed by atoms with E-state index in [2.05, 4.69) is 360 Å². The van der Waals surface area contributed by atoms with E-state index < -0.39 is 0 Å². The first-order valence-corrected chi connectivity index (χ1v) is 42.8. The van der Waals surface area contributed by atoms with Gasteiger partial charge in [0.2, 0.25) is 44.8 Å². The Bertz CT molecular complexity index is 7660. The van der Waals surface area contributed by atoms with Crippen molar-refractivity contribution in [3.63, 3.8) is 0 Å². The molecule has 0 saturated heterocycles. The van der Waals surface area contributed by atoms with Gasteiger partial charge in [-0.25, -0.2) is 4.39 Å². The van der Waals surface area contributed by atoms with Crippen LogP contribution in [0.5, 0.6) is 0 Å². The number of aryl methyl sites for hydroxylation is 12. The Balaban J connectivity index is 0.000000115. The normalized spacial score (nSPS) is 12.0. The topological polar surface area (TPSA) is 68.1 Å². The lowest BCUT2D eigenvalue weighted by molar-refractivity contribution is -0.633. The number of benzene rings is 12. The number of hydrogen-bond acceptors (Lipinski definition) is 4. The summed E-state index contributed by atoms with van der Waals surface area (Å²) in [6.07, 6.45) is 2.08. The van der Waals surface area contributed by atoms with Crippen molar-refractivity contribution in [1.82, 2.24) is 0 Å². The SMILES string of the molecule is Cc1ccc2c(C(C)C)cc(-c3c(C)c(C)cc4c3oc3ccccc34)[n+](C)c2c1.Cc1ccc2c(CC(C)(C)C)cc(-c3c(C)c(C)cc4c3oc3ccccc34)[n+](C)c2c1.Cc1ccc2c(CC(C)C)cc(-c3c(C)c(C)cc4c3oc3ccccc34)[n+](C)c2c1.Cc1ccc2ccc(-c3c(C)c(C)cc4c3oc3cc(F)ccc34)[n+](C)c2c1. The number of halogens is 1. The quantitative estimate of drug-likeness (QED) is 0.142. The molecule has 0 fully saturated rings. The van der Waals surface area contributed by atoms with Crippen LogP contribution >= 0.6 is 0 Å². The molecule has 8 heterocycles. The smallest absolute Gasteiger partial charge is 0.217 e. The van der Waals surface area contributed by atoms with Gasteiger partial charge in [-0.05, 0) is 282 Å². The zero-order chi connectivity index (χ0) is 85.4. The van der Waals surface area contributed by atoms with E-state index in [9.17, 15) is 4.39 Å². The molecule has 0 spiro atoms. The largest absolute Gasteiger partial charge is 0.455 e. The van der Waals surface area contributed by atoms with E-state index in [-0.39, 0.29) is 11.2 Å². The lowest BCUT2D eigenvalue weighted by atomic mass is 9.85. The Morgan fingerprint density at radius 3 is 1.06 bits per heavy atom. The maximum absolute atomic E-state index is 13.8. The summed E-state index contributed by atoms with van der Waals surface area (Å²) in [5.41, 5.74) is 41.1. The van der Waals surface area contributed by atoms with Crippen molar-refractivity contribution in [2.45, 2.75) is 150 Å². The summed E-state index contributed by atoms with van der Waals surface area (Å²) in [5.74, 6) is 0.745. The predicted octanol–water partition coefficient (Wildman–Crippen LogP) is 28.7. The molecular formula is C112H111FN4O4+4. The number of para-hydroxylation sites is 3. The molecule has 20 rings (SSSR count). The summed E-state index contributed by atoms with van der Waals surface area (Å²) in [7, 11) is 8.64. The third kappa shape index (κ3) is 14.4. The lowest BCUT2D eigenvalue weighted by Gasteiger charge is -2.20. The van der Waals surface area contributed by atoms with Crippen LogP contribution in [0.4, 0.5) is 4.39 Å². The van der Waals surface area contributed by atoms with Gasteiger partial charge >= 0.3 is 0 Å². The van der Waals surface area contributed by atoms with Crippen LogP contribution in [0.2, 0.25) is 0 Å². The number of furan rings is 4. The molecule has 0 aliphatic heterocycles. The number of aromatic nitrogens is 4.